The average molecular weight is 284 g/mol. The quantitative estimate of drug-likeness (QED) is 0.448. The van der Waals surface area contributed by atoms with Gasteiger partial charge in [0, 0.05) is 12.6 Å². The largest absolute Gasteiger partial charge is 0.493 e. The molecular weight excluding hydrogens is 264 g/mol. The number of benzene rings is 1. The lowest BCUT2D eigenvalue weighted by Gasteiger charge is -2.13. The van der Waals surface area contributed by atoms with E-state index in [1.54, 1.807) is 6.07 Å². The van der Waals surface area contributed by atoms with E-state index in [9.17, 15) is 10.1 Å². The van der Waals surface area contributed by atoms with E-state index < -0.39 is 4.92 Å². The zero-order valence-electron chi connectivity index (χ0n) is 12.1. The second-order valence-electron chi connectivity index (χ2n) is 4.33. The summed E-state index contributed by atoms with van der Waals surface area (Å²) in [7, 11) is 2.92. The summed E-state index contributed by atoms with van der Waals surface area (Å²) in [6.45, 7) is 4.79. The van der Waals surface area contributed by atoms with Gasteiger partial charge in [0.1, 0.15) is 5.69 Å². The smallest absolute Gasteiger partial charge is 0.296 e. The van der Waals surface area contributed by atoms with E-state index in [4.69, 9.17) is 14.2 Å². The Kier molecular flexibility index (Phi) is 6.05. The lowest BCUT2D eigenvalue weighted by Crippen LogP contribution is -2.14. The molecule has 0 amide bonds. The van der Waals surface area contributed by atoms with Crippen molar-refractivity contribution in [2.24, 2.45) is 0 Å². The van der Waals surface area contributed by atoms with Crippen LogP contribution in [0.25, 0.3) is 0 Å². The minimum Gasteiger partial charge on any atom is -0.493 e. The van der Waals surface area contributed by atoms with Crippen LogP contribution in [0.15, 0.2) is 12.1 Å². The number of anilines is 1. The number of nitro benzene ring substituents is 1. The molecule has 1 N–H and O–H groups in total. The third-order valence-corrected chi connectivity index (χ3v) is 2.57. The summed E-state index contributed by atoms with van der Waals surface area (Å²) in [5.41, 5.74) is 0.312. The highest BCUT2D eigenvalue weighted by Gasteiger charge is 2.19. The van der Waals surface area contributed by atoms with Crippen molar-refractivity contribution in [2.75, 3.05) is 32.7 Å². The van der Waals surface area contributed by atoms with E-state index >= 15 is 0 Å². The van der Waals surface area contributed by atoms with Crippen molar-refractivity contribution in [3.05, 3.63) is 22.2 Å². The molecule has 0 saturated carbocycles. The first-order valence-corrected chi connectivity index (χ1v) is 6.25. The van der Waals surface area contributed by atoms with Crippen molar-refractivity contribution in [1.82, 2.24) is 0 Å². The minimum atomic E-state index is -0.465. The van der Waals surface area contributed by atoms with E-state index in [0.717, 1.165) is 0 Å². The summed E-state index contributed by atoms with van der Waals surface area (Å²) in [5, 5.41) is 14.0. The zero-order valence-corrected chi connectivity index (χ0v) is 12.1. The molecular formula is C13H20N2O5. The Hall–Kier alpha value is -2.02. The highest BCUT2D eigenvalue weighted by molar-refractivity contribution is 5.68. The predicted molar refractivity (Wildman–Crippen MR) is 75.8 cm³/mol. The van der Waals surface area contributed by atoms with Crippen molar-refractivity contribution < 1.29 is 19.1 Å². The number of nitrogens with zero attached hydrogens (tertiary/aromatic N) is 1. The van der Waals surface area contributed by atoms with Gasteiger partial charge in [-0.1, -0.05) is 0 Å². The highest BCUT2D eigenvalue weighted by atomic mass is 16.6. The van der Waals surface area contributed by atoms with Crippen LogP contribution in [0.5, 0.6) is 11.5 Å². The lowest BCUT2D eigenvalue weighted by atomic mass is 10.2. The molecule has 0 aliphatic heterocycles. The number of nitrogens with one attached hydrogen (secondary N) is 1. The van der Waals surface area contributed by atoms with Gasteiger partial charge in [-0.3, -0.25) is 10.1 Å². The normalized spacial score (nSPS) is 10.4. The van der Waals surface area contributed by atoms with Gasteiger partial charge < -0.3 is 19.5 Å². The van der Waals surface area contributed by atoms with Crippen molar-refractivity contribution in [2.45, 2.75) is 20.0 Å². The van der Waals surface area contributed by atoms with Gasteiger partial charge >= 0.3 is 0 Å². The maximum atomic E-state index is 11.1. The first-order chi connectivity index (χ1) is 9.49. The van der Waals surface area contributed by atoms with E-state index in [2.05, 4.69) is 5.32 Å². The van der Waals surface area contributed by atoms with Crippen molar-refractivity contribution >= 4 is 11.4 Å². The third-order valence-electron chi connectivity index (χ3n) is 2.57. The first kappa shape index (κ1) is 16.0. The Morgan fingerprint density at radius 1 is 1.25 bits per heavy atom. The van der Waals surface area contributed by atoms with Crippen molar-refractivity contribution in [3.8, 4) is 11.5 Å². The summed E-state index contributed by atoms with van der Waals surface area (Å²) in [6, 6.07) is 2.89. The predicted octanol–water partition coefficient (Wildman–Crippen LogP) is 2.45. The number of ether oxygens (including phenoxy) is 3. The third kappa shape index (κ3) is 4.27. The first-order valence-electron chi connectivity index (χ1n) is 6.25. The fraction of sp³-hybridized carbons (Fsp3) is 0.538. The SMILES string of the molecule is COc1cc(NCCOC(C)C)c([N+](=O)[O-])cc1OC. The molecule has 1 rings (SSSR count). The summed E-state index contributed by atoms with van der Waals surface area (Å²) >= 11 is 0. The summed E-state index contributed by atoms with van der Waals surface area (Å²) in [5.74, 6) is 0.758. The molecule has 0 saturated heterocycles. The zero-order chi connectivity index (χ0) is 15.1. The molecule has 0 fully saturated rings. The van der Waals surface area contributed by atoms with E-state index in [1.807, 2.05) is 13.8 Å². The number of methoxy groups -OCH3 is 2. The average Bonchev–Trinajstić information content (AvgIpc) is 2.42. The number of rotatable bonds is 8. The fourth-order valence-electron chi connectivity index (χ4n) is 1.64. The lowest BCUT2D eigenvalue weighted by molar-refractivity contribution is -0.384. The molecule has 1 aromatic carbocycles. The number of nitro groups is 1. The molecule has 112 valence electrons. The van der Waals surface area contributed by atoms with Gasteiger partial charge in [-0.05, 0) is 13.8 Å². The van der Waals surface area contributed by atoms with Crippen LogP contribution in [0.2, 0.25) is 0 Å². The summed E-state index contributed by atoms with van der Waals surface area (Å²) in [6.07, 6.45) is 0.122. The second kappa shape index (κ2) is 7.54. The van der Waals surface area contributed by atoms with Crippen molar-refractivity contribution in [1.29, 1.82) is 0 Å². The highest BCUT2D eigenvalue weighted by Crippen LogP contribution is 2.37. The van der Waals surface area contributed by atoms with Crippen LogP contribution in [-0.2, 0) is 4.74 Å². The molecule has 7 heteroatoms. The molecule has 0 heterocycles. The van der Waals surface area contributed by atoms with Gasteiger partial charge in [-0.2, -0.15) is 0 Å². The molecule has 7 nitrogen and oxygen atoms in total. The van der Waals surface area contributed by atoms with E-state index in [1.165, 1.54) is 20.3 Å². The van der Waals surface area contributed by atoms with Crippen molar-refractivity contribution in [3.63, 3.8) is 0 Å². The maximum absolute atomic E-state index is 11.1. The molecule has 0 aliphatic rings. The molecule has 20 heavy (non-hydrogen) atoms. The van der Waals surface area contributed by atoms with Crippen LogP contribution in [0.3, 0.4) is 0 Å². The molecule has 0 bridgehead atoms. The Balaban J connectivity index is 2.89. The molecule has 0 aromatic heterocycles. The second-order valence-corrected chi connectivity index (χ2v) is 4.33. The molecule has 0 atom stereocenters. The van der Waals surface area contributed by atoms with Crippen LogP contribution in [0.1, 0.15) is 13.8 Å². The Morgan fingerprint density at radius 2 is 1.85 bits per heavy atom. The molecule has 0 aliphatic carbocycles. The van der Waals surface area contributed by atoms with Crippen LogP contribution in [-0.4, -0.2) is 38.4 Å². The van der Waals surface area contributed by atoms with Crippen LogP contribution in [0, 0.1) is 10.1 Å². The molecule has 0 spiro atoms. The molecule has 0 unspecified atom stereocenters. The van der Waals surface area contributed by atoms with E-state index in [0.29, 0.717) is 30.3 Å². The fourth-order valence-corrected chi connectivity index (χ4v) is 1.64. The van der Waals surface area contributed by atoms with E-state index in [-0.39, 0.29) is 11.8 Å². The summed E-state index contributed by atoms with van der Waals surface area (Å²) < 4.78 is 15.6. The Labute approximate surface area is 118 Å². The Morgan fingerprint density at radius 3 is 2.35 bits per heavy atom. The Bertz CT molecular complexity index is 462. The van der Waals surface area contributed by atoms with Crippen LogP contribution < -0.4 is 14.8 Å². The number of hydrogen-bond donors (Lipinski definition) is 1. The molecule has 0 radical (unpaired) electrons. The standard InChI is InChI=1S/C13H20N2O5/c1-9(2)20-6-5-14-10-7-12(18-3)13(19-4)8-11(10)15(16)17/h7-9,14H,5-6H2,1-4H3. The van der Waals surface area contributed by atoms with Gasteiger partial charge in [0.15, 0.2) is 11.5 Å². The molecule has 1 aromatic rings. The van der Waals surface area contributed by atoms with Crippen LogP contribution in [0.4, 0.5) is 11.4 Å². The summed E-state index contributed by atoms with van der Waals surface area (Å²) in [4.78, 5) is 10.6. The number of hydrogen-bond acceptors (Lipinski definition) is 6. The van der Waals surface area contributed by atoms with Gasteiger partial charge in [0.25, 0.3) is 5.69 Å². The van der Waals surface area contributed by atoms with Gasteiger partial charge in [-0.15, -0.1) is 0 Å². The monoisotopic (exact) mass is 284 g/mol. The maximum Gasteiger partial charge on any atom is 0.296 e. The minimum absolute atomic E-state index is 0.0628. The van der Waals surface area contributed by atoms with Crippen LogP contribution >= 0.6 is 0 Å². The van der Waals surface area contributed by atoms with Gasteiger partial charge in [0.05, 0.1) is 37.9 Å². The van der Waals surface area contributed by atoms with Gasteiger partial charge in [-0.25, -0.2) is 0 Å². The topological polar surface area (TPSA) is 82.9 Å². The van der Waals surface area contributed by atoms with Gasteiger partial charge in [0.2, 0.25) is 0 Å².